The number of rotatable bonds is 5. The predicted molar refractivity (Wildman–Crippen MR) is 74.1 cm³/mol. The van der Waals surface area contributed by atoms with Crippen molar-refractivity contribution in [1.29, 1.82) is 5.26 Å². The highest BCUT2D eigenvalue weighted by Crippen LogP contribution is 2.49. The van der Waals surface area contributed by atoms with Gasteiger partial charge in [0, 0.05) is 27.9 Å². The summed E-state index contributed by atoms with van der Waals surface area (Å²) in [6, 6.07) is 8.05. The van der Waals surface area contributed by atoms with E-state index in [1.165, 1.54) is 0 Å². The molecule has 0 radical (unpaired) electrons. The van der Waals surface area contributed by atoms with Crippen LogP contribution in [0.25, 0.3) is 0 Å². The van der Waals surface area contributed by atoms with Crippen molar-refractivity contribution in [2.75, 3.05) is 6.61 Å². The van der Waals surface area contributed by atoms with Crippen LogP contribution in [0, 0.1) is 16.7 Å². The fourth-order valence-electron chi connectivity index (χ4n) is 1.95. The van der Waals surface area contributed by atoms with Gasteiger partial charge >= 0.3 is 0 Å². The van der Waals surface area contributed by atoms with Crippen LogP contribution in [0.15, 0.2) is 22.7 Å². The molecule has 1 atom stereocenters. The van der Waals surface area contributed by atoms with Crippen molar-refractivity contribution in [3.8, 4) is 11.8 Å². The zero-order chi connectivity index (χ0) is 13.2. The van der Waals surface area contributed by atoms with E-state index in [1.54, 1.807) is 0 Å². The van der Waals surface area contributed by atoms with Crippen LogP contribution in [0.2, 0.25) is 0 Å². The van der Waals surface area contributed by atoms with E-state index >= 15 is 0 Å². The van der Waals surface area contributed by atoms with E-state index in [0.29, 0.717) is 13.0 Å². The molecule has 2 N–H and O–H groups in total. The Morgan fingerprint density at radius 3 is 2.83 bits per heavy atom. The molecule has 1 aromatic carbocycles. The van der Waals surface area contributed by atoms with Crippen LogP contribution < -0.4 is 10.5 Å². The highest BCUT2D eigenvalue weighted by atomic mass is 79.9. The number of hydrogen-bond donors (Lipinski definition) is 1. The second-order valence-corrected chi connectivity index (χ2v) is 6.01. The van der Waals surface area contributed by atoms with Crippen molar-refractivity contribution < 1.29 is 4.74 Å². The quantitative estimate of drug-likeness (QED) is 0.905. The molecule has 0 spiro atoms. The van der Waals surface area contributed by atoms with Crippen molar-refractivity contribution in [1.82, 2.24) is 0 Å². The Balaban J connectivity index is 2.08. The monoisotopic (exact) mass is 308 g/mol. The maximum Gasteiger partial charge on any atom is 0.124 e. The standard InChI is InChI=1S/C14H17BrN2O/c1-10(17)12-8-11(15)2-3-13(12)18-9-14(4-5-14)6-7-16/h2-3,8,10H,4-6,9,17H2,1H3/t10-/m1/s1. The Morgan fingerprint density at radius 1 is 1.56 bits per heavy atom. The molecular formula is C14H17BrN2O. The molecular weight excluding hydrogens is 292 g/mol. The molecule has 96 valence electrons. The van der Waals surface area contributed by atoms with Gasteiger partial charge in [-0.15, -0.1) is 0 Å². The summed E-state index contributed by atoms with van der Waals surface area (Å²) in [5.41, 5.74) is 7.04. The summed E-state index contributed by atoms with van der Waals surface area (Å²) in [6.45, 7) is 2.55. The molecule has 1 aliphatic rings. The molecule has 0 bridgehead atoms. The molecule has 1 aromatic rings. The van der Waals surface area contributed by atoms with E-state index < -0.39 is 0 Å². The third-order valence-corrected chi connectivity index (χ3v) is 3.90. The Labute approximate surface area is 116 Å². The van der Waals surface area contributed by atoms with Crippen molar-refractivity contribution in [3.05, 3.63) is 28.2 Å². The van der Waals surface area contributed by atoms with E-state index in [9.17, 15) is 0 Å². The van der Waals surface area contributed by atoms with Crippen LogP contribution in [-0.4, -0.2) is 6.61 Å². The lowest BCUT2D eigenvalue weighted by Gasteiger charge is -2.17. The average molecular weight is 309 g/mol. The van der Waals surface area contributed by atoms with Gasteiger partial charge in [0.25, 0.3) is 0 Å². The summed E-state index contributed by atoms with van der Waals surface area (Å²) in [5, 5.41) is 8.79. The molecule has 0 amide bonds. The summed E-state index contributed by atoms with van der Waals surface area (Å²) in [6.07, 6.45) is 2.76. The van der Waals surface area contributed by atoms with Crippen molar-refractivity contribution in [3.63, 3.8) is 0 Å². The van der Waals surface area contributed by atoms with Gasteiger partial charge in [0.05, 0.1) is 12.7 Å². The minimum absolute atomic E-state index is 0.0661. The molecule has 0 aromatic heterocycles. The Morgan fingerprint density at radius 2 is 2.28 bits per heavy atom. The number of nitriles is 1. The second-order valence-electron chi connectivity index (χ2n) is 5.09. The molecule has 0 unspecified atom stereocenters. The van der Waals surface area contributed by atoms with E-state index in [1.807, 2.05) is 25.1 Å². The first-order chi connectivity index (χ1) is 8.56. The van der Waals surface area contributed by atoms with Gasteiger partial charge in [-0.25, -0.2) is 0 Å². The van der Waals surface area contributed by atoms with Gasteiger partial charge in [-0.05, 0) is 38.0 Å². The smallest absolute Gasteiger partial charge is 0.124 e. The number of halogens is 1. The lowest BCUT2D eigenvalue weighted by atomic mass is 10.0. The zero-order valence-electron chi connectivity index (χ0n) is 10.4. The molecule has 2 rings (SSSR count). The van der Waals surface area contributed by atoms with Gasteiger partial charge in [-0.3, -0.25) is 0 Å². The SMILES string of the molecule is C[C@@H](N)c1cc(Br)ccc1OCC1(CC#N)CC1. The molecule has 1 fully saturated rings. The van der Waals surface area contributed by atoms with Gasteiger partial charge in [-0.1, -0.05) is 15.9 Å². The van der Waals surface area contributed by atoms with Crippen LogP contribution in [0.1, 0.15) is 37.8 Å². The van der Waals surface area contributed by atoms with Crippen molar-refractivity contribution in [2.24, 2.45) is 11.1 Å². The number of ether oxygens (including phenoxy) is 1. The summed E-state index contributed by atoms with van der Waals surface area (Å²) in [4.78, 5) is 0. The summed E-state index contributed by atoms with van der Waals surface area (Å²) in [7, 11) is 0. The number of benzene rings is 1. The molecule has 0 saturated heterocycles. The normalized spacial score (nSPS) is 17.9. The van der Waals surface area contributed by atoms with E-state index in [2.05, 4.69) is 22.0 Å². The van der Waals surface area contributed by atoms with Gasteiger partial charge in [0.1, 0.15) is 5.75 Å². The molecule has 1 saturated carbocycles. The molecule has 18 heavy (non-hydrogen) atoms. The Kier molecular flexibility index (Phi) is 3.94. The minimum atomic E-state index is -0.0661. The fourth-order valence-corrected chi connectivity index (χ4v) is 2.33. The van der Waals surface area contributed by atoms with Gasteiger partial charge in [-0.2, -0.15) is 5.26 Å². The number of nitrogens with zero attached hydrogens (tertiary/aromatic N) is 1. The highest BCUT2D eigenvalue weighted by Gasteiger charge is 2.43. The van der Waals surface area contributed by atoms with Crippen LogP contribution in [0.5, 0.6) is 5.75 Å². The Hall–Kier alpha value is -1.05. The summed E-state index contributed by atoms with van der Waals surface area (Å²) in [5.74, 6) is 0.831. The minimum Gasteiger partial charge on any atom is -0.493 e. The summed E-state index contributed by atoms with van der Waals surface area (Å²) >= 11 is 3.44. The Bertz CT molecular complexity index is 475. The molecule has 0 heterocycles. The van der Waals surface area contributed by atoms with Gasteiger partial charge in [0.15, 0.2) is 0 Å². The van der Waals surface area contributed by atoms with Crippen LogP contribution >= 0.6 is 15.9 Å². The third kappa shape index (κ3) is 3.04. The first kappa shape index (κ1) is 13.4. The van der Waals surface area contributed by atoms with Crippen LogP contribution in [0.3, 0.4) is 0 Å². The zero-order valence-corrected chi connectivity index (χ0v) is 12.0. The van der Waals surface area contributed by atoms with Gasteiger partial charge < -0.3 is 10.5 Å². The van der Waals surface area contributed by atoms with E-state index in [-0.39, 0.29) is 11.5 Å². The topological polar surface area (TPSA) is 59.0 Å². The lowest BCUT2D eigenvalue weighted by molar-refractivity contribution is 0.234. The molecule has 0 aliphatic heterocycles. The highest BCUT2D eigenvalue weighted by molar-refractivity contribution is 9.10. The van der Waals surface area contributed by atoms with Crippen LogP contribution in [0.4, 0.5) is 0 Å². The maximum atomic E-state index is 8.79. The first-order valence-electron chi connectivity index (χ1n) is 6.11. The second kappa shape index (κ2) is 5.29. The summed E-state index contributed by atoms with van der Waals surface area (Å²) < 4.78 is 6.88. The first-order valence-corrected chi connectivity index (χ1v) is 6.90. The molecule has 3 nitrogen and oxygen atoms in total. The maximum absolute atomic E-state index is 8.79. The van der Waals surface area contributed by atoms with Gasteiger partial charge in [0.2, 0.25) is 0 Å². The van der Waals surface area contributed by atoms with Crippen molar-refractivity contribution >= 4 is 15.9 Å². The molecule has 1 aliphatic carbocycles. The predicted octanol–water partition coefficient (Wildman–Crippen LogP) is 3.54. The fraction of sp³-hybridized carbons (Fsp3) is 0.500. The number of hydrogen-bond acceptors (Lipinski definition) is 3. The van der Waals surface area contributed by atoms with Crippen molar-refractivity contribution in [2.45, 2.75) is 32.2 Å². The molecule has 4 heteroatoms. The van der Waals surface area contributed by atoms with Crippen LogP contribution in [-0.2, 0) is 0 Å². The lowest BCUT2D eigenvalue weighted by Crippen LogP contribution is -2.15. The van der Waals surface area contributed by atoms with E-state index in [4.69, 9.17) is 15.7 Å². The number of nitrogens with two attached hydrogens (primary N) is 1. The largest absolute Gasteiger partial charge is 0.493 e. The van der Waals surface area contributed by atoms with E-state index in [0.717, 1.165) is 28.6 Å². The third-order valence-electron chi connectivity index (χ3n) is 3.41. The average Bonchev–Trinajstić information content (AvgIpc) is 3.08.